The lowest BCUT2D eigenvalue weighted by Gasteiger charge is -2.12. The Morgan fingerprint density at radius 3 is 2.14 bits per heavy atom. The summed E-state index contributed by atoms with van der Waals surface area (Å²) in [6, 6.07) is 1.44. The molecule has 1 nitrogen and oxygen atoms in total. The van der Waals surface area contributed by atoms with Gasteiger partial charge in [-0.3, -0.25) is 0 Å². The molecule has 1 rings (SSSR count). The Bertz CT molecular complexity index is 344. The molecular weight excluding hydrogens is 205 g/mol. The van der Waals surface area contributed by atoms with Crippen molar-refractivity contribution < 1.29 is 22.0 Å². The number of nitrogens with two attached hydrogens (primary N) is 1. The van der Waals surface area contributed by atoms with E-state index in [1.807, 2.05) is 0 Å². The van der Waals surface area contributed by atoms with E-state index in [0.717, 1.165) is 6.07 Å². The fraction of sp³-hybridized carbons (Fsp3) is 0.250. The molecule has 0 aliphatic heterocycles. The Morgan fingerprint density at radius 1 is 1.14 bits per heavy atom. The highest BCUT2D eigenvalue weighted by Crippen LogP contribution is 2.34. The molecule has 0 aliphatic carbocycles. The Kier molecular flexibility index (Phi) is 2.75. The highest BCUT2D eigenvalue weighted by Gasteiger charge is 2.37. The van der Waals surface area contributed by atoms with E-state index in [1.54, 1.807) is 0 Å². The summed E-state index contributed by atoms with van der Waals surface area (Å²) in [5.41, 5.74) is 2.89. The van der Waals surface area contributed by atoms with Crippen LogP contribution in [0, 0.1) is 11.6 Å². The third kappa shape index (κ3) is 1.84. The van der Waals surface area contributed by atoms with Crippen molar-refractivity contribution >= 4 is 0 Å². The molecule has 0 spiro atoms. The van der Waals surface area contributed by atoms with Crippen LogP contribution in [-0.4, -0.2) is 0 Å². The van der Waals surface area contributed by atoms with Gasteiger partial charge in [0.1, 0.15) is 0 Å². The first-order valence-corrected chi connectivity index (χ1v) is 3.62. The van der Waals surface area contributed by atoms with Crippen LogP contribution in [0.2, 0.25) is 0 Å². The number of rotatable bonds is 1. The molecule has 1 aromatic rings. The first-order valence-electron chi connectivity index (χ1n) is 3.62. The maximum absolute atomic E-state index is 12.8. The summed E-state index contributed by atoms with van der Waals surface area (Å²) in [7, 11) is 0. The summed E-state index contributed by atoms with van der Waals surface area (Å²) in [6.45, 7) is -0.494. The summed E-state index contributed by atoms with van der Waals surface area (Å²) in [4.78, 5) is 0. The predicted molar refractivity (Wildman–Crippen MR) is 39.3 cm³/mol. The second-order valence-corrected chi connectivity index (χ2v) is 2.60. The molecule has 6 heteroatoms. The second-order valence-electron chi connectivity index (χ2n) is 2.60. The summed E-state index contributed by atoms with van der Waals surface area (Å²) >= 11 is 0. The van der Waals surface area contributed by atoms with Crippen LogP contribution in [0.1, 0.15) is 11.1 Å². The molecule has 0 unspecified atom stereocenters. The van der Waals surface area contributed by atoms with Crippen LogP contribution < -0.4 is 5.73 Å². The van der Waals surface area contributed by atoms with Crippen LogP contribution in [-0.2, 0) is 12.7 Å². The van der Waals surface area contributed by atoms with Gasteiger partial charge in [0.2, 0.25) is 0 Å². The standard InChI is InChI=1S/C8H6F5N/c9-5-2-1-4(3-14)6(7(5)10)8(11,12)13/h1-2H,3,14H2. The molecule has 0 amide bonds. The summed E-state index contributed by atoms with van der Waals surface area (Å²) in [5.74, 6) is -3.44. The van der Waals surface area contributed by atoms with Gasteiger partial charge in [0.05, 0.1) is 5.56 Å². The molecule has 0 heterocycles. The van der Waals surface area contributed by atoms with Crippen LogP contribution >= 0.6 is 0 Å². The summed E-state index contributed by atoms with van der Waals surface area (Å²) in [5, 5.41) is 0. The maximum Gasteiger partial charge on any atom is 0.419 e. The average molecular weight is 211 g/mol. The van der Waals surface area contributed by atoms with Crippen molar-refractivity contribution in [3.05, 3.63) is 34.9 Å². The summed E-state index contributed by atoms with van der Waals surface area (Å²) in [6.07, 6.45) is -4.93. The van der Waals surface area contributed by atoms with Crippen molar-refractivity contribution in [1.29, 1.82) is 0 Å². The molecule has 0 aromatic heterocycles. The average Bonchev–Trinajstić information content (AvgIpc) is 2.07. The third-order valence-electron chi connectivity index (χ3n) is 1.68. The van der Waals surface area contributed by atoms with E-state index < -0.39 is 35.5 Å². The Balaban J connectivity index is 3.44. The van der Waals surface area contributed by atoms with E-state index in [1.165, 1.54) is 0 Å². The second kappa shape index (κ2) is 3.53. The first-order chi connectivity index (χ1) is 6.38. The SMILES string of the molecule is NCc1ccc(F)c(F)c1C(F)(F)F. The molecule has 0 saturated heterocycles. The molecule has 0 bridgehead atoms. The normalized spacial score (nSPS) is 11.9. The Labute approximate surface area is 76.3 Å². The first kappa shape index (κ1) is 10.9. The van der Waals surface area contributed by atoms with Crippen LogP contribution in [0.4, 0.5) is 22.0 Å². The van der Waals surface area contributed by atoms with Crippen molar-refractivity contribution in [1.82, 2.24) is 0 Å². The number of halogens is 5. The van der Waals surface area contributed by atoms with Crippen molar-refractivity contribution in [2.45, 2.75) is 12.7 Å². The molecule has 0 saturated carbocycles. The van der Waals surface area contributed by atoms with E-state index in [2.05, 4.69) is 0 Å². The largest absolute Gasteiger partial charge is 0.419 e. The fourth-order valence-electron chi connectivity index (χ4n) is 1.07. The van der Waals surface area contributed by atoms with Gasteiger partial charge in [-0.2, -0.15) is 13.2 Å². The van der Waals surface area contributed by atoms with Gasteiger partial charge in [-0.05, 0) is 11.6 Å². The number of hydrogen-bond donors (Lipinski definition) is 1. The van der Waals surface area contributed by atoms with Gasteiger partial charge in [-0.25, -0.2) is 8.78 Å². The Hall–Kier alpha value is -1.17. The lowest BCUT2D eigenvalue weighted by molar-refractivity contribution is -0.140. The number of benzene rings is 1. The van der Waals surface area contributed by atoms with E-state index >= 15 is 0 Å². The molecule has 0 atom stereocenters. The monoisotopic (exact) mass is 211 g/mol. The van der Waals surface area contributed by atoms with Crippen LogP contribution in [0.15, 0.2) is 12.1 Å². The molecule has 78 valence electrons. The fourth-order valence-corrected chi connectivity index (χ4v) is 1.07. The van der Waals surface area contributed by atoms with Gasteiger partial charge in [-0.15, -0.1) is 0 Å². The van der Waals surface area contributed by atoms with E-state index in [4.69, 9.17) is 5.73 Å². The van der Waals surface area contributed by atoms with Crippen LogP contribution in [0.25, 0.3) is 0 Å². The lowest BCUT2D eigenvalue weighted by atomic mass is 10.1. The molecule has 1 aromatic carbocycles. The maximum atomic E-state index is 12.8. The van der Waals surface area contributed by atoms with Gasteiger partial charge in [0.15, 0.2) is 11.6 Å². The van der Waals surface area contributed by atoms with Crippen LogP contribution in [0.3, 0.4) is 0 Å². The quantitative estimate of drug-likeness (QED) is 0.709. The van der Waals surface area contributed by atoms with E-state index in [0.29, 0.717) is 6.07 Å². The molecule has 2 N–H and O–H groups in total. The highest BCUT2D eigenvalue weighted by atomic mass is 19.4. The minimum absolute atomic E-state index is 0.462. The van der Waals surface area contributed by atoms with Crippen LogP contribution in [0.5, 0.6) is 0 Å². The molecule has 0 radical (unpaired) electrons. The van der Waals surface area contributed by atoms with E-state index in [9.17, 15) is 22.0 Å². The smallest absolute Gasteiger partial charge is 0.326 e. The predicted octanol–water partition coefficient (Wildman–Crippen LogP) is 2.44. The Morgan fingerprint density at radius 2 is 1.71 bits per heavy atom. The van der Waals surface area contributed by atoms with Gasteiger partial charge in [0.25, 0.3) is 0 Å². The highest BCUT2D eigenvalue weighted by molar-refractivity contribution is 5.31. The summed E-state index contributed by atoms with van der Waals surface area (Å²) < 4.78 is 61.9. The van der Waals surface area contributed by atoms with Gasteiger partial charge in [0, 0.05) is 6.54 Å². The zero-order valence-corrected chi connectivity index (χ0v) is 6.83. The van der Waals surface area contributed by atoms with Gasteiger partial charge in [-0.1, -0.05) is 6.07 Å². The molecule has 0 fully saturated rings. The number of alkyl halides is 3. The van der Waals surface area contributed by atoms with Crippen molar-refractivity contribution in [3.63, 3.8) is 0 Å². The van der Waals surface area contributed by atoms with Crippen molar-refractivity contribution in [2.24, 2.45) is 5.73 Å². The molecule has 14 heavy (non-hydrogen) atoms. The van der Waals surface area contributed by atoms with Gasteiger partial charge >= 0.3 is 6.18 Å². The molecule has 0 aliphatic rings. The third-order valence-corrected chi connectivity index (χ3v) is 1.68. The zero-order chi connectivity index (χ0) is 10.9. The minimum Gasteiger partial charge on any atom is -0.326 e. The molecular formula is C8H6F5N. The minimum atomic E-state index is -4.93. The van der Waals surface area contributed by atoms with Crippen molar-refractivity contribution in [2.75, 3.05) is 0 Å². The lowest BCUT2D eigenvalue weighted by Crippen LogP contribution is -2.15. The van der Waals surface area contributed by atoms with E-state index in [-0.39, 0.29) is 0 Å². The zero-order valence-electron chi connectivity index (χ0n) is 6.83. The van der Waals surface area contributed by atoms with Gasteiger partial charge < -0.3 is 5.73 Å². The number of hydrogen-bond acceptors (Lipinski definition) is 1. The van der Waals surface area contributed by atoms with Crippen molar-refractivity contribution in [3.8, 4) is 0 Å². The topological polar surface area (TPSA) is 26.0 Å².